The lowest BCUT2D eigenvalue weighted by molar-refractivity contribution is -0.180. The third kappa shape index (κ3) is 8.88. The van der Waals surface area contributed by atoms with E-state index >= 15 is 0 Å². The minimum Gasteiger partial charge on any atom is -0.461 e. The first-order valence-electron chi connectivity index (χ1n) is 16.8. The van der Waals surface area contributed by atoms with Crippen molar-refractivity contribution in [1.29, 1.82) is 0 Å². The van der Waals surface area contributed by atoms with Gasteiger partial charge in [-0.2, -0.15) is 9.97 Å². The highest BCUT2D eigenvalue weighted by Gasteiger charge is 2.44. The van der Waals surface area contributed by atoms with Gasteiger partial charge in [-0.25, -0.2) is 4.98 Å². The Labute approximate surface area is 272 Å². The van der Waals surface area contributed by atoms with E-state index in [0.29, 0.717) is 23.0 Å². The van der Waals surface area contributed by atoms with E-state index in [9.17, 15) is 9.59 Å². The molecule has 10 nitrogen and oxygen atoms in total. The summed E-state index contributed by atoms with van der Waals surface area (Å²) in [7, 11) is 1.44. The van der Waals surface area contributed by atoms with Crippen LogP contribution in [0.4, 0.5) is 5.82 Å². The van der Waals surface area contributed by atoms with Crippen LogP contribution in [0.5, 0.6) is 0 Å². The molecule has 0 bridgehead atoms. The second-order valence-corrected chi connectivity index (χ2v) is 13.3. The minimum atomic E-state index is -1.55. The molecule has 2 aliphatic rings. The molecule has 248 valence electrons. The summed E-state index contributed by atoms with van der Waals surface area (Å²) in [6.45, 7) is 4.17. The van der Waals surface area contributed by atoms with Crippen molar-refractivity contribution in [1.82, 2.24) is 19.5 Å². The summed E-state index contributed by atoms with van der Waals surface area (Å²) < 4.78 is 19.6. The van der Waals surface area contributed by atoms with Gasteiger partial charge >= 0.3 is 11.9 Å². The summed E-state index contributed by atoms with van der Waals surface area (Å²) in [6.07, 6.45) is 20.9. The van der Waals surface area contributed by atoms with Gasteiger partial charge in [-0.1, -0.05) is 58.3 Å². The Balaban J connectivity index is 1.51. The molecule has 2 heterocycles. The number of rotatable bonds is 15. The highest BCUT2D eigenvalue weighted by molar-refractivity contribution is 6.28. The number of nitrogen functional groups attached to an aromatic ring is 1. The van der Waals surface area contributed by atoms with Gasteiger partial charge < -0.3 is 24.5 Å². The number of hydrogen-bond donors (Lipinski definition) is 1. The lowest BCUT2D eigenvalue weighted by Gasteiger charge is -2.36. The monoisotopic (exact) mass is 643 g/mol. The molecule has 0 saturated heterocycles. The molecule has 2 aliphatic carbocycles. The van der Waals surface area contributed by atoms with Crippen LogP contribution >= 0.6 is 11.6 Å². The second-order valence-electron chi connectivity index (χ2n) is 12.9. The minimum absolute atomic E-state index is 0.0268. The number of nitrogens with zero attached hydrogens (tertiary/aromatic N) is 4. The third-order valence-electron chi connectivity index (χ3n) is 9.93. The van der Waals surface area contributed by atoms with Crippen molar-refractivity contribution >= 4 is 40.5 Å². The topological polar surface area (TPSA) is 131 Å². The Morgan fingerprint density at radius 2 is 1.60 bits per heavy atom. The van der Waals surface area contributed by atoms with Crippen LogP contribution < -0.4 is 5.73 Å². The first-order valence-corrected chi connectivity index (χ1v) is 17.1. The van der Waals surface area contributed by atoms with Crippen molar-refractivity contribution in [2.75, 3.05) is 19.5 Å². The predicted molar refractivity (Wildman–Crippen MR) is 174 cm³/mol. The summed E-state index contributed by atoms with van der Waals surface area (Å²) >= 11 is 6.11. The van der Waals surface area contributed by atoms with Gasteiger partial charge in [-0.05, 0) is 74.8 Å². The van der Waals surface area contributed by atoms with Crippen LogP contribution in [-0.2, 0) is 30.3 Å². The van der Waals surface area contributed by atoms with E-state index in [-0.39, 0.29) is 48.0 Å². The molecule has 0 aliphatic heterocycles. The van der Waals surface area contributed by atoms with Gasteiger partial charge in [0.25, 0.3) is 0 Å². The number of imidazole rings is 1. The zero-order valence-electron chi connectivity index (χ0n) is 27.1. The van der Waals surface area contributed by atoms with Crippen molar-refractivity contribution in [2.45, 2.75) is 122 Å². The standard InChI is InChI=1S/C34H50ClN5O5/c1-5-8-10-23-12-16-25(17-13-23)31(41)44-21-34(7-3,43-4)27(20-40-22-37-28-29(36)38-33(35)39-30(28)40)45-32(42)26-18-14-24(15-19-26)11-9-6-2/h3,22-27H,5-6,8-21H2,1-2,4H3,(H2,36,38,39)/t23-,24-,25-,26-,27-,34?/m0/s1. The highest BCUT2D eigenvalue weighted by Crippen LogP contribution is 2.35. The first kappa shape index (κ1) is 35.0. The number of halogens is 1. The van der Waals surface area contributed by atoms with Gasteiger partial charge in [0.15, 0.2) is 17.6 Å². The molecule has 0 aromatic carbocycles. The van der Waals surface area contributed by atoms with E-state index in [1.165, 1.54) is 52.0 Å². The molecule has 45 heavy (non-hydrogen) atoms. The molecule has 2 atom stereocenters. The number of carbonyl (C=O) groups excluding carboxylic acids is 2. The maximum atomic E-state index is 13.7. The van der Waals surface area contributed by atoms with E-state index in [1.807, 2.05) is 0 Å². The fraction of sp³-hybridized carbons (Fsp3) is 0.735. The number of unbranched alkanes of at least 4 members (excludes halogenated alkanes) is 2. The SMILES string of the molecule is C#CC(COC(=O)[C@H]1CC[C@H](CCCC)CC1)(OC)[C@H](Cn1cnc2c(N)nc(Cl)nc21)OC(=O)[C@H]1CC[C@H](CCCC)CC1. The molecule has 2 saturated carbocycles. The number of nitrogens with two attached hydrogens (primary N) is 1. The van der Waals surface area contributed by atoms with Gasteiger partial charge in [0.2, 0.25) is 10.9 Å². The lowest BCUT2D eigenvalue weighted by Crippen LogP contribution is -2.52. The summed E-state index contributed by atoms with van der Waals surface area (Å²) in [5, 5.41) is -0.0385. The molecule has 4 rings (SSSR count). The molecule has 0 spiro atoms. The molecule has 1 unspecified atom stereocenters. The number of aromatic nitrogens is 4. The Morgan fingerprint density at radius 3 is 2.13 bits per heavy atom. The van der Waals surface area contributed by atoms with Crippen LogP contribution in [0.2, 0.25) is 5.28 Å². The molecule has 2 aromatic heterocycles. The van der Waals surface area contributed by atoms with E-state index in [0.717, 1.165) is 51.4 Å². The second kappa shape index (κ2) is 16.6. The average molecular weight is 644 g/mol. The number of esters is 2. The Bertz CT molecular complexity index is 1310. The maximum Gasteiger partial charge on any atom is 0.309 e. The summed E-state index contributed by atoms with van der Waals surface area (Å²) in [6, 6.07) is 0. The number of fused-ring (bicyclic) bond motifs is 1. The van der Waals surface area contributed by atoms with Crippen LogP contribution in [0.15, 0.2) is 6.33 Å². The normalized spacial score (nSPS) is 24.0. The van der Waals surface area contributed by atoms with Crippen LogP contribution in [0.3, 0.4) is 0 Å². The predicted octanol–water partition coefficient (Wildman–Crippen LogP) is 6.53. The zero-order chi connectivity index (χ0) is 32.4. The number of methoxy groups -OCH3 is 1. The number of hydrogen-bond acceptors (Lipinski definition) is 9. The summed E-state index contributed by atoms with van der Waals surface area (Å²) in [5.74, 6) is 3.07. The van der Waals surface area contributed by atoms with Crippen LogP contribution in [0.25, 0.3) is 11.2 Å². The smallest absolute Gasteiger partial charge is 0.309 e. The molecule has 2 aromatic rings. The fourth-order valence-electron chi connectivity index (χ4n) is 6.90. The van der Waals surface area contributed by atoms with Crippen molar-refractivity contribution in [3.63, 3.8) is 0 Å². The molecule has 2 N–H and O–H groups in total. The number of ether oxygens (including phenoxy) is 3. The number of carbonyl (C=O) groups is 2. The van der Waals surface area contributed by atoms with E-state index < -0.39 is 11.7 Å². The Kier molecular flexibility index (Phi) is 12.9. The quantitative estimate of drug-likeness (QED) is 0.131. The largest absolute Gasteiger partial charge is 0.461 e. The van der Waals surface area contributed by atoms with Crippen molar-refractivity contribution in [3.8, 4) is 12.3 Å². The van der Waals surface area contributed by atoms with E-state index in [1.54, 1.807) is 4.57 Å². The van der Waals surface area contributed by atoms with Crippen molar-refractivity contribution in [3.05, 3.63) is 11.6 Å². The van der Waals surface area contributed by atoms with Crippen LogP contribution in [-0.4, -0.2) is 56.9 Å². The van der Waals surface area contributed by atoms with Crippen molar-refractivity contribution < 1.29 is 23.8 Å². The Morgan fingerprint density at radius 1 is 1.02 bits per heavy atom. The molecule has 11 heteroatoms. The first-order chi connectivity index (χ1) is 21.7. The summed E-state index contributed by atoms with van der Waals surface area (Å²) in [5.41, 5.74) is 5.20. The maximum absolute atomic E-state index is 13.7. The van der Waals surface area contributed by atoms with Gasteiger partial charge in [-0.15, -0.1) is 6.42 Å². The Hall–Kier alpha value is -2.90. The lowest BCUT2D eigenvalue weighted by atomic mass is 9.80. The van der Waals surface area contributed by atoms with Crippen LogP contribution in [0.1, 0.15) is 104 Å². The molecular formula is C34H50ClN5O5. The molecule has 0 radical (unpaired) electrons. The number of terminal acetylenes is 1. The molecule has 2 fully saturated rings. The van der Waals surface area contributed by atoms with Gasteiger partial charge in [-0.3, -0.25) is 9.59 Å². The van der Waals surface area contributed by atoms with E-state index in [2.05, 4.69) is 34.7 Å². The average Bonchev–Trinajstić information content (AvgIpc) is 3.46. The highest BCUT2D eigenvalue weighted by atomic mass is 35.5. The van der Waals surface area contributed by atoms with Gasteiger partial charge in [0, 0.05) is 7.11 Å². The van der Waals surface area contributed by atoms with Gasteiger partial charge in [0.05, 0.1) is 24.7 Å². The van der Waals surface area contributed by atoms with E-state index in [4.69, 9.17) is 38.0 Å². The van der Waals surface area contributed by atoms with Gasteiger partial charge in [0.1, 0.15) is 12.1 Å². The van der Waals surface area contributed by atoms with Crippen molar-refractivity contribution in [2.24, 2.45) is 23.7 Å². The van der Waals surface area contributed by atoms with Crippen LogP contribution in [0, 0.1) is 36.0 Å². The molecular weight excluding hydrogens is 594 g/mol. The number of anilines is 1. The molecule has 0 amide bonds. The third-order valence-corrected chi connectivity index (χ3v) is 10.1. The fourth-order valence-corrected chi connectivity index (χ4v) is 7.07. The summed E-state index contributed by atoms with van der Waals surface area (Å²) in [4.78, 5) is 39.5. The zero-order valence-corrected chi connectivity index (χ0v) is 27.9.